The fourth-order valence-corrected chi connectivity index (χ4v) is 2.72. The van der Waals surface area contributed by atoms with Crippen LogP contribution in [0.4, 0.5) is 5.95 Å². The van der Waals surface area contributed by atoms with Crippen LogP contribution in [0.25, 0.3) is 11.6 Å². The quantitative estimate of drug-likeness (QED) is 0.630. The van der Waals surface area contributed by atoms with E-state index in [9.17, 15) is 4.79 Å². The number of benzene rings is 1. The molecule has 0 unspecified atom stereocenters. The van der Waals surface area contributed by atoms with E-state index in [1.165, 1.54) is 4.68 Å². The van der Waals surface area contributed by atoms with Crippen molar-refractivity contribution in [2.24, 2.45) is 5.92 Å². The number of hydrogen-bond acceptors (Lipinski definition) is 7. The maximum Gasteiger partial charge on any atom is 0.250 e. The number of carbonyl (C=O) groups is 1. The largest absolute Gasteiger partial charge is 0.493 e. The van der Waals surface area contributed by atoms with Crippen molar-refractivity contribution in [1.82, 2.24) is 14.8 Å². The second-order valence-electron chi connectivity index (χ2n) is 6.68. The van der Waals surface area contributed by atoms with E-state index in [0.29, 0.717) is 42.0 Å². The van der Waals surface area contributed by atoms with Gasteiger partial charge >= 0.3 is 0 Å². The Labute approximate surface area is 163 Å². The molecule has 2 aromatic heterocycles. The molecule has 2 heterocycles. The molecule has 1 aromatic carbocycles. The van der Waals surface area contributed by atoms with Gasteiger partial charge in [0.05, 0.1) is 20.5 Å². The SMILES string of the molecule is COc1ccc(CNc2nc(-c3ccco3)nn2C(=O)CC(C)C)cc1OC. The van der Waals surface area contributed by atoms with Crippen LogP contribution in [-0.2, 0) is 6.54 Å². The number of carbonyl (C=O) groups excluding carboxylic acids is 1. The Morgan fingerprint density at radius 3 is 2.64 bits per heavy atom. The Bertz CT molecular complexity index is 932. The molecule has 0 saturated heterocycles. The molecule has 0 saturated carbocycles. The minimum absolute atomic E-state index is 0.130. The average Bonchev–Trinajstić information content (AvgIpc) is 3.35. The van der Waals surface area contributed by atoms with Crippen molar-refractivity contribution >= 4 is 11.9 Å². The molecule has 0 atom stereocenters. The molecule has 148 valence electrons. The number of anilines is 1. The molecule has 0 spiro atoms. The first-order valence-corrected chi connectivity index (χ1v) is 9.00. The van der Waals surface area contributed by atoms with Gasteiger partial charge in [0.1, 0.15) is 0 Å². The van der Waals surface area contributed by atoms with E-state index in [4.69, 9.17) is 13.9 Å². The molecule has 8 heteroatoms. The van der Waals surface area contributed by atoms with Gasteiger partial charge in [0, 0.05) is 13.0 Å². The minimum atomic E-state index is -0.130. The van der Waals surface area contributed by atoms with Crippen molar-refractivity contribution in [1.29, 1.82) is 0 Å². The molecule has 0 radical (unpaired) electrons. The lowest BCUT2D eigenvalue weighted by molar-refractivity contribution is 0.0873. The standard InChI is InChI=1S/C20H24N4O4/c1-13(2)10-18(25)24-20(22-19(23-24)16-6-5-9-28-16)21-12-14-7-8-15(26-3)17(11-14)27-4/h5-9,11,13H,10,12H2,1-4H3,(H,21,22,23). The summed E-state index contributed by atoms with van der Waals surface area (Å²) in [5.74, 6) is 2.60. The van der Waals surface area contributed by atoms with E-state index in [0.717, 1.165) is 5.56 Å². The highest BCUT2D eigenvalue weighted by Gasteiger charge is 2.19. The highest BCUT2D eigenvalue weighted by Crippen LogP contribution is 2.28. The van der Waals surface area contributed by atoms with Crippen molar-refractivity contribution in [2.75, 3.05) is 19.5 Å². The van der Waals surface area contributed by atoms with Crippen LogP contribution in [0.15, 0.2) is 41.0 Å². The van der Waals surface area contributed by atoms with Crippen LogP contribution in [0.1, 0.15) is 30.6 Å². The first kappa shape index (κ1) is 19.5. The zero-order chi connectivity index (χ0) is 20.1. The number of ether oxygens (including phenoxy) is 2. The summed E-state index contributed by atoms with van der Waals surface area (Å²) in [5, 5.41) is 7.52. The van der Waals surface area contributed by atoms with E-state index < -0.39 is 0 Å². The van der Waals surface area contributed by atoms with Gasteiger partial charge in [0.25, 0.3) is 0 Å². The monoisotopic (exact) mass is 384 g/mol. The summed E-state index contributed by atoms with van der Waals surface area (Å²) in [6.45, 7) is 4.41. The predicted octanol–water partition coefficient (Wildman–Crippen LogP) is 3.85. The maximum absolute atomic E-state index is 12.6. The topological polar surface area (TPSA) is 91.4 Å². The summed E-state index contributed by atoms with van der Waals surface area (Å²) in [7, 11) is 3.18. The number of nitrogens with one attached hydrogen (secondary N) is 1. The fourth-order valence-electron chi connectivity index (χ4n) is 2.72. The predicted molar refractivity (Wildman–Crippen MR) is 105 cm³/mol. The molecule has 0 amide bonds. The number of hydrogen-bond donors (Lipinski definition) is 1. The minimum Gasteiger partial charge on any atom is -0.493 e. The van der Waals surface area contributed by atoms with Crippen LogP contribution in [0, 0.1) is 5.92 Å². The first-order chi connectivity index (χ1) is 13.5. The first-order valence-electron chi connectivity index (χ1n) is 9.00. The third kappa shape index (κ3) is 4.33. The van der Waals surface area contributed by atoms with Crippen LogP contribution in [0.2, 0.25) is 0 Å². The smallest absolute Gasteiger partial charge is 0.250 e. The normalized spacial score (nSPS) is 10.9. The van der Waals surface area contributed by atoms with E-state index in [2.05, 4.69) is 15.4 Å². The number of aromatic nitrogens is 3. The van der Waals surface area contributed by atoms with E-state index in [1.54, 1.807) is 32.6 Å². The van der Waals surface area contributed by atoms with Crippen LogP contribution in [0.3, 0.4) is 0 Å². The molecule has 0 aliphatic rings. The Hall–Kier alpha value is -3.29. The van der Waals surface area contributed by atoms with Gasteiger partial charge in [-0.15, -0.1) is 5.10 Å². The summed E-state index contributed by atoms with van der Waals surface area (Å²) in [5.41, 5.74) is 0.947. The summed E-state index contributed by atoms with van der Waals surface area (Å²) in [6.07, 6.45) is 1.91. The number of rotatable bonds is 8. The Balaban J connectivity index is 1.84. The molecule has 0 aliphatic carbocycles. The van der Waals surface area contributed by atoms with E-state index >= 15 is 0 Å². The van der Waals surface area contributed by atoms with Gasteiger partial charge in [0.2, 0.25) is 17.7 Å². The highest BCUT2D eigenvalue weighted by molar-refractivity contribution is 5.81. The fraction of sp³-hybridized carbons (Fsp3) is 0.350. The summed E-state index contributed by atoms with van der Waals surface area (Å²) in [6, 6.07) is 9.13. The summed E-state index contributed by atoms with van der Waals surface area (Å²) in [4.78, 5) is 17.1. The maximum atomic E-state index is 12.6. The molecule has 1 N–H and O–H groups in total. The molecule has 0 fully saturated rings. The van der Waals surface area contributed by atoms with Gasteiger partial charge in [-0.1, -0.05) is 19.9 Å². The number of furan rings is 1. The van der Waals surface area contributed by atoms with Crippen LogP contribution in [-0.4, -0.2) is 34.9 Å². The Kier molecular flexibility index (Phi) is 5.98. The van der Waals surface area contributed by atoms with Gasteiger partial charge in [0.15, 0.2) is 17.3 Å². The molecule has 28 heavy (non-hydrogen) atoms. The third-order valence-corrected chi connectivity index (χ3v) is 4.07. The third-order valence-electron chi connectivity index (χ3n) is 4.07. The van der Waals surface area contributed by atoms with Crippen molar-refractivity contribution in [3.05, 3.63) is 42.2 Å². The molecular formula is C20H24N4O4. The summed E-state index contributed by atoms with van der Waals surface area (Å²) < 4.78 is 17.3. The highest BCUT2D eigenvalue weighted by atomic mass is 16.5. The van der Waals surface area contributed by atoms with Crippen LogP contribution >= 0.6 is 0 Å². The van der Waals surface area contributed by atoms with Crippen molar-refractivity contribution in [3.63, 3.8) is 0 Å². The zero-order valence-electron chi connectivity index (χ0n) is 16.4. The van der Waals surface area contributed by atoms with Gasteiger partial charge in [-0.05, 0) is 35.7 Å². The van der Waals surface area contributed by atoms with Crippen molar-refractivity contribution in [3.8, 4) is 23.1 Å². The van der Waals surface area contributed by atoms with Crippen LogP contribution < -0.4 is 14.8 Å². The molecule has 8 nitrogen and oxygen atoms in total. The molecular weight excluding hydrogens is 360 g/mol. The second-order valence-corrected chi connectivity index (χ2v) is 6.68. The number of nitrogens with zero attached hydrogens (tertiary/aromatic N) is 3. The lowest BCUT2D eigenvalue weighted by Crippen LogP contribution is -2.18. The Morgan fingerprint density at radius 2 is 2.00 bits per heavy atom. The van der Waals surface area contributed by atoms with Crippen LogP contribution in [0.5, 0.6) is 11.5 Å². The number of methoxy groups -OCH3 is 2. The lowest BCUT2D eigenvalue weighted by atomic mass is 10.1. The van der Waals surface area contributed by atoms with Gasteiger partial charge < -0.3 is 19.2 Å². The van der Waals surface area contributed by atoms with Gasteiger partial charge in [-0.3, -0.25) is 4.79 Å². The van der Waals surface area contributed by atoms with Crippen molar-refractivity contribution in [2.45, 2.75) is 26.8 Å². The molecule has 3 aromatic rings. The average molecular weight is 384 g/mol. The second kappa shape index (κ2) is 8.60. The van der Waals surface area contributed by atoms with Gasteiger partial charge in [-0.2, -0.15) is 9.67 Å². The summed E-state index contributed by atoms with van der Waals surface area (Å²) >= 11 is 0. The lowest BCUT2D eigenvalue weighted by Gasteiger charge is -2.11. The zero-order valence-corrected chi connectivity index (χ0v) is 16.4. The van der Waals surface area contributed by atoms with Crippen molar-refractivity contribution < 1.29 is 18.7 Å². The molecule has 0 bridgehead atoms. The molecule has 3 rings (SSSR count). The van der Waals surface area contributed by atoms with E-state index in [-0.39, 0.29) is 11.8 Å². The Morgan fingerprint density at radius 1 is 1.21 bits per heavy atom. The van der Waals surface area contributed by atoms with Gasteiger partial charge in [-0.25, -0.2) is 0 Å². The van der Waals surface area contributed by atoms with E-state index in [1.807, 2.05) is 32.0 Å². The molecule has 0 aliphatic heterocycles.